The van der Waals surface area contributed by atoms with Gasteiger partial charge in [0.25, 0.3) is 5.69 Å². The third-order valence-corrected chi connectivity index (χ3v) is 34.3. The first-order valence-corrected chi connectivity index (χ1v) is 51.3. The molecule has 28 rings (SSSR count). The Balaban J connectivity index is 0.000000118. The Morgan fingerprint density at radius 2 is 0.800 bits per heavy atom. The summed E-state index contributed by atoms with van der Waals surface area (Å²) in [6, 6.07) is 65.8. The van der Waals surface area contributed by atoms with E-state index in [0.717, 1.165) is 213 Å². The Morgan fingerprint density at radius 3 is 1.25 bits per heavy atom. The third kappa shape index (κ3) is 24.3. The summed E-state index contributed by atoms with van der Waals surface area (Å²) in [5.74, 6) is 11.4. The Bertz CT molecular complexity index is 5290. The van der Waals surface area contributed by atoms with Crippen LogP contribution in [0.3, 0.4) is 0 Å². The fourth-order valence-electron chi connectivity index (χ4n) is 31.0. The molecule has 4 N–H and O–H groups in total. The van der Waals surface area contributed by atoms with Crippen LogP contribution in [0.4, 0.5) is 41.9 Å². The molecule has 135 heavy (non-hydrogen) atoms. The Morgan fingerprint density at radius 1 is 0.385 bits per heavy atom. The first-order chi connectivity index (χ1) is 64.1. The topological polar surface area (TPSA) is 209 Å². The van der Waals surface area contributed by atoms with E-state index in [0.29, 0.717) is 54.7 Å². The zero-order valence-corrected chi connectivity index (χ0v) is 80.5. The van der Waals surface area contributed by atoms with E-state index in [-0.39, 0.29) is 67.4 Å². The minimum Gasteiger partial charge on any atom is -0.489 e. The van der Waals surface area contributed by atoms with Crippen LogP contribution < -0.4 is 26.0 Å². The molecular formula is C117H147BrN5O12+. The number of benzene rings is 8. The summed E-state index contributed by atoms with van der Waals surface area (Å²) in [4.78, 5) is 73.0. The van der Waals surface area contributed by atoms with Gasteiger partial charge in [0.05, 0.1) is 19.6 Å². The van der Waals surface area contributed by atoms with Crippen LogP contribution in [0, 0.1) is 117 Å². The van der Waals surface area contributed by atoms with Gasteiger partial charge in [-0.25, -0.2) is 19.2 Å². The van der Waals surface area contributed by atoms with Gasteiger partial charge in [-0.15, -0.1) is 0 Å². The van der Waals surface area contributed by atoms with Crippen LogP contribution >= 0.6 is 15.9 Å². The van der Waals surface area contributed by atoms with Gasteiger partial charge in [-0.2, -0.15) is 0 Å². The summed E-state index contributed by atoms with van der Waals surface area (Å²) in [5.41, 5.74) is 14.3. The first kappa shape index (κ1) is 96.9. The summed E-state index contributed by atoms with van der Waals surface area (Å²) >= 11 is 3.39. The van der Waals surface area contributed by atoms with Crippen molar-refractivity contribution in [2.75, 3.05) is 42.8 Å². The average molecular weight is 1900 g/mol. The number of anilines is 3. The zero-order chi connectivity index (χ0) is 91.7. The number of nitrogens with one attached hydrogen (secondary N) is 4. The van der Waals surface area contributed by atoms with Crippen LogP contribution in [0.25, 0.3) is 22.3 Å². The molecule has 20 bridgehead atoms. The van der Waals surface area contributed by atoms with Crippen molar-refractivity contribution in [2.24, 2.45) is 98.6 Å². The predicted octanol–water partition coefficient (Wildman–Crippen LogP) is 29.5. The average Bonchev–Trinajstić information content (AvgIpc) is 0.711. The molecule has 20 saturated carbocycles. The first-order valence-electron chi connectivity index (χ1n) is 50.5. The maximum absolute atomic E-state index is 12.7. The van der Waals surface area contributed by atoms with Crippen LogP contribution in [-0.4, -0.2) is 78.7 Å². The number of hydrogen-bond acceptors (Lipinski definition) is 12. The number of nitroso groups, excluding NO2 is 1. The normalized spacial score (nSPS) is 31.9. The molecule has 0 aliphatic heterocycles. The smallest absolute Gasteiger partial charge is 0.412 e. The van der Waals surface area contributed by atoms with E-state index in [4.69, 9.17) is 28.4 Å². The molecule has 718 valence electrons. The molecule has 4 amide bonds. The van der Waals surface area contributed by atoms with E-state index in [1.807, 2.05) is 121 Å². The molecule has 0 heterocycles. The van der Waals surface area contributed by atoms with Crippen LogP contribution in [0.2, 0.25) is 0 Å². The predicted molar refractivity (Wildman–Crippen MR) is 540 cm³/mol. The molecule has 20 aliphatic rings. The van der Waals surface area contributed by atoms with E-state index in [2.05, 4.69) is 132 Å². The molecular weight excluding hydrogens is 1750 g/mol. The third-order valence-electron chi connectivity index (χ3n) is 33.8. The van der Waals surface area contributed by atoms with Crippen molar-refractivity contribution < 1.29 is 57.2 Å². The minimum absolute atomic E-state index is 0. The summed E-state index contributed by atoms with van der Waals surface area (Å²) in [7, 11) is 1.48. The number of amides is 4. The van der Waals surface area contributed by atoms with Gasteiger partial charge in [0, 0.05) is 55.3 Å². The zero-order valence-electron chi connectivity index (χ0n) is 78.9. The lowest BCUT2D eigenvalue weighted by molar-refractivity contribution is -0.428. The summed E-state index contributed by atoms with van der Waals surface area (Å²) in [6.07, 6.45) is 39.1. The van der Waals surface area contributed by atoms with E-state index >= 15 is 0 Å². The van der Waals surface area contributed by atoms with Gasteiger partial charge in [-0.3, -0.25) is 20.7 Å². The number of carbonyl (C=O) groups is 5. The highest BCUT2D eigenvalue weighted by Crippen LogP contribution is 2.70. The molecule has 20 aliphatic carbocycles. The highest BCUT2D eigenvalue weighted by atomic mass is 79.9. The summed E-state index contributed by atoms with van der Waals surface area (Å²) in [5, 5.41) is 11.6. The number of aryl methyl sites for hydroxylation is 2. The second kappa shape index (κ2) is 41.1. The van der Waals surface area contributed by atoms with Gasteiger partial charge in [-0.1, -0.05) is 183 Å². The maximum Gasteiger partial charge on any atom is 0.412 e. The molecule has 0 radical (unpaired) electrons. The van der Waals surface area contributed by atoms with Crippen molar-refractivity contribution in [3.8, 4) is 28.0 Å². The highest BCUT2D eigenvalue weighted by molar-refractivity contribution is 9.10. The Hall–Kier alpha value is -9.81. The molecule has 8 aromatic rings. The van der Waals surface area contributed by atoms with Crippen LogP contribution in [0.5, 0.6) is 5.75 Å². The van der Waals surface area contributed by atoms with Crippen molar-refractivity contribution >= 4 is 69.0 Å². The molecule has 0 saturated heterocycles. The number of rotatable bonds is 22. The number of carbonyl (C=O) groups excluding carboxylic acids is 5. The molecule has 0 spiro atoms. The number of hydrogen-bond donors (Lipinski definition) is 4. The van der Waals surface area contributed by atoms with Gasteiger partial charge in [0.1, 0.15) is 29.2 Å². The number of esters is 1. The van der Waals surface area contributed by atoms with Gasteiger partial charge in [0.2, 0.25) is 0 Å². The Labute approximate surface area is 810 Å². The van der Waals surface area contributed by atoms with Gasteiger partial charge < -0.3 is 33.7 Å². The van der Waals surface area contributed by atoms with Gasteiger partial charge in [0.15, 0.2) is 7.05 Å². The number of nitrogens with zero attached hydrogens (tertiary/aromatic N) is 1. The molecule has 17 nitrogen and oxygen atoms in total. The van der Waals surface area contributed by atoms with Crippen LogP contribution in [0.1, 0.15) is 256 Å². The van der Waals surface area contributed by atoms with E-state index < -0.39 is 0 Å². The van der Waals surface area contributed by atoms with E-state index in [9.17, 15) is 28.9 Å². The maximum atomic E-state index is 12.7. The molecule has 20 fully saturated rings. The molecule has 8 aromatic carbocycles. The monoisotopic (exact) mass is 1890 g/mol. The van der Waals surface area contributed by atoms with Crippen molar-refractivity contribution in [1.82, 2.24) is 5.32 Å². The molecule has 2 unspecified atom stereocenters. The van der Waals surface area contributed by atoms with E-state index in [1.165, 1.54) is 159 Å². The number of ether oxygens (including phenoxy) is 6. The number of alkyl carbamates (subject to hydrolysis) is 1. The number of halogens is 1. The highest BCUT2D eigenvalue weighted by Gasteiger charge is 2.62. The molecule has 0 aromatic heterocycles. The summed E-state index contributed by atoms with van der Waals surface area (Å²) < 4.78 is 37.1. The summed E-state index contributed by atoms with van der Waals surface area (Å²) in [6.45, 7) is 11.4. The van der Waals surface area contributed by atoms with Gasteiger partial charge in [-0.05, 0) is 412 Å². The molecule has 18 heteroatoms. The lowest BCUT2D eigenvalue weighted by atomic mass is 9.40. The lowest BCUT2D eigenvalue weighted by Crippen LogP contribution is -2.56. The van der Waals surface area contributed by atoms with Crippen LogP contribution in [-0.2, 0) is 47.9 Å². The SMILES string of the molecule is C.C.C[N+](=O)c1ccc(CCNC(=O)OC23CC4CC(CC(C4)C2)C3)cc1.Cc1ccc(CC(=O)OCC23CC4CC(C)(CC(C)(C4)C2)C3)cc1.Cc1cccc(-c2ccc(NC(=O)OC34CC5CC(CC(C5)C3)C4)cc2)c1.O=C(Nc1ccc(-c2cccc(OCc3ccccc3)c2)cc1)OC12CC3CC(CC(C3)C1)C2.O=C(Nc1ccc(Br)cc1)OCCC12CC3CC(CC(C3)C1)C2. The fourth-order valence-corrected chi connectivity index (χ4v) is 31.3. The van der Waals surface area contributed by atoms with E-state index in [1.54, 1.807) is 12.1 Å². The van der Waals surface area contributed by atoms with Crippen molar-refractivity contribution in [1.29, 1.82) is 0 Å². The molecule has 2 atom stereocenters. The lowest BCUT2D eigenvalue weighted by Gasteiger charge is -2.65. The Kier molecular flexibility index (Phi) is 29.5. The van der Waals surface area contributed by atoms with Crippen molar-refractivity contribution in [2.45, 2.75) is 278 Å². The van der Waals surface area contributed by atoms with Crippen LogP contribution in [0.15, 0.2) is 205 Å². The van der Waals surface area contributed by atoms with Crippen molar-refractivity contribution in [3.05, 3.63) is 237 Å². The van der Waals surface area contributed by atoms with Crippen molar-refractivity contribution in [3.63, 3.8) is 0 Å². The second-order valence-corrected chi connectivity index (χ2v) is 46.7. The second-order valence-electron chi connectivity index (χ2n) is 45.8. The quantitative estimate of drug-likeness (QED) is 0.0284. The van der Waals surface area contributed by atoms with Gasteiger partial charge >= 0.3 is 30.3 Å². The largest absolute Gasteiger partial charge is 0.489 e. The fraction of sp³-hybridized carbons (Fsp3) is 0.547. The standard InChI is InChI=1S/C30H31NO3.C24H27NO2.C22H30O2.C20H26N2O3.C19H24BrNO2.2CH4/c32-29(34-30-17-22-13-23(18-30)15-24(14-22)19-30)31-27-11-9-25(10-12-27)26-7-4-8-28(16-26)33-20-21-5-2-1-3-6-21;1-16-3-2-4-21(9-16)20-5-7-22(8-6-20)25-23(26)27-24-13-17-10-18(14-24)12-19(11-17)15-24;1-16-4-6-17(7-5-16)8-19(23)24-15-22-11-18-9-20(2,13-22)12-21(3,10-18)14-22;1-22(24)18-4-2-14(3-5-18)6-7-21-19(23)25-20-11-15-8-16(12-20)10-17(9-15)13-20;20-16-1-3-17(4-2-16)21-18(22)23-6-5-19-10-13-7-14(11-19)9-15(8-13)12-19;;/h1-12,16,22-24H,13-15,17-20H2,(H,31,32);2-9,17-19H,10-15H2,1H3,(H,25,26);4-7,18H,8-15H2,1-3H3;2-5,15-17H,6-13H2,1H3;1-4,13-15H,5-12H2,(H,21,22);2*1H4/p+1. The minimum atomic E-state index is -0.336.